The zero-order chi connectivity index (χ0) is 17.1. The minimum Gasteiger partial charge on any atom is -0.539 e. The molecule has 3 rings (SSSR count). The van der Waals surface area contributed by atoms with Gasteiger partial charge in [0.1, 0.15) is 6.54 Å². The van der Waals surface area contributed by atoms with Crippen molar-refractivity contribution < 1.29 is 19.1 Å². The molecule has 0 aliphatic heterocycles. The van der Waals surface area contributed by atoms with E-state index < -0.39 is 5.95 Å². The molecular formula is C18H17N3O3. The number of carbonyl (C=O) groups excluding carboxylic acids is 1. The summed E-state index contributed by atoms with van der Waals surface area (Å²) in [5.41, 5.74) is 2.65. The standard InChI is InChI=1S/C18H17N3O3/c1-13-8-10-14(11-9-13)17(22)20(2)12-16-18(23)24-19-21(16)15-6-4-3-5-7-15/h3-11H,12H2,1-2H3. The van der Waals surface area contributed by atoms with Crippen molar-refractivity contribution in [2.45, 2.75) is 13.5 Å². The topological polar surface area (TPSA) is 73.3 Å². The highest BCUT2D eigenvalue weighted by atomic mass is 16.6. The van der Waals surface area contributed by atoms with Crippen molar-refractivity contribution in [3.8, 4) is 11.6 Å². The lowest BCUT2D eigenvalue weighted by Crippen LogP contribution is -2.40. The summed E-state index contributed by atoms with van der Waals surface area (Å²) in [4.78, 5) is 14.0. The predicted molar refractivity (Wildman–Crippen MR) is 84.5 cm³/mol. The van der Waals surface area contributed by atoms with Crippen LogP contribution in [-0.2, 0) is 6.54 Å². The quantitative estimate of drug-likeness (QED) is 0.684. The Balaban J connectivity index is 1.84. The van der Waals surface area contributed by atoms with E-state index >= 15 is 0 Å². The Morgan fingerprint density at radius 1 is 1.17 bits per heavy atom. The summed E-state index contributed by atoms with van der Waals surface area (Å²) in [6.07, 6.45) is 0. The van der Waals surface area contributed by atoms with Crippen molar-refractivity contribution in [2.24, 2.45) is 0 Å². The molecule has 0 aliphatic rings. The Morgan fingerprint density at radius 3 is 2.50 bits per heavy atom. The van der Waals surface area contributed by atoms with E-state index in [4.69, 9.17) is 4.52 Å². The number of amides is 1. The molecule has 0 atom stereocenters. The summed E-state index contributed by atoms with van der Waals surface area (Å²) in [7, 11) is 1.64. The van der Waals surface area contributed by atoms with Crippen LogP contribution in [-0.4, -0.2) is 23.1 Å². The van der Waals surface area contributed by atoms with Crippen LogP contribution in [0.1, 0.15) is 21.6 Å². The summed E-state index contributed by atoms with van der Waals surface area (Å²) >= 11 is 0. The van der Waals surface area contributed by atoms with Gasteiger partial charge < -0.3 is 14.5 Å². The first kappa shape index (κ1) is 15.7. The van der Waals surface area contributed by atoms with Crippen LogP contribution in [0.3, 0.4) is 0 Å². The summed E-state index contributed by atoms with van der Waals surface area (Å²) < 4.78 is 6.19. The number of nitrogens with zero attached hydrogens (tertiary/aromatic N) is 3. The Hall–Kier alpha value is -3.15. The molecule has 0 saturated heterocycles. The van der Waals surface area contributed by atoms with Crippen molar-refractivity contribution in [2.75, 3.05) is 7.05 Å². The van der Waals surface area contributed by atoms with Crippen LogP contribution in [0.4, 0.5) is 0 Å². The predicted octanol–water partition coefficient (Wildman–Crippen LogP) is 1.61. The molecule has 3 aromatic rings. The average Bonchev–Trinajstić information content (AvgIpc) is 2.96. The molecule has 24 heavy (non-hydrogen) atoms. The zero-order valence-electron chi connectivity index (χ0n) is 13.5. The first-order chi connectivity index (χ1) is 11.6. The molecule has 0 radical (unpaired) electrons. The highest BCUT2D eigenvalue weighted by molar-refractivity contribution is 5.94. The largest absolute Gasteiger partial charge is 0.539 e. The third-order valence-corrected chi connectivity index (χ3v) is 3.73. The monoisotopic (exact) mass is 323 g/mol. The third-order valence-electron chi connectivity index (χ3n) is 3.73. The Bertz CT molecular complexity index is 842. The fraction of sp³-hybridized carbons (Fsp3) is 0.167. The molecule has 0 saturated carbocycles. The maximum Gasteiger partial charge on any atom is 0.259 e. The van der Waals surface area contributed by atoms with E-state index in [2.05, 4.69) is 5.27 Å². The van der Waals surface area contributed by atoms with Gasteiger partial charge in [0.15, 0.2) is 5.95 Å². The van der Waals surface area contributed by atoms with Crippen molar-refractivity contribution in [3.05, 3.63) is 71.4 Å². The van der Waals surface area contributed by atoms with Crippen molar-refractivity contribution >= 4 is 5.91 Å². The van der Waals surface area contributed by atoms with Crippen molar-refractivity contribution in [3.63, 3.8) is 0 Å². The average molecular weight is 323 g/mol. The highest BCUT2D eigenvalue weighted by Crippen LogP contribution is 2.14. The fourth-order valence-corrected chi connectivity index (χ4v) is 2.38. The van der Waals surface area contributed by atoms with Gasteiger partial charge in [0, 0.05) is 24.7 Å². The van der Waals surface area contributed by atoms with Crippen LogP contribution in [0, 0.1) is 6.92 Å². The maximum atomic E-state index is 12.5. The second-order valence-electron chi connectivity index (χ2n) is 5.58. The molecule has 1 amide bonds. The van der Waals surface area contributed by atoms with Gasteiger partial charge in [0.25, 0.3) is 11.6 Å². The number of hydrogen-bond acceptors (Lipinski definition) is 4. The van der Waals surface area contributed by atoms with E-state index in [1.165, 1.54) is 9.58 Å². The van der Waals surface area contributed by atoms with Crippen LogP contribution < -0.4 is 9.79 Å². The summed E-state index contributed by atoms with van der Waals surface area (Å²) in [6.45, 7) is 2.06. The Morgan fingerprint density at radius 2 is 1.83 bits per heavy atom. The van der Waals surface area contributed by atoms with E-state index in [9.17, 15) is 9.90 Å². The van der Waals surface area contributed by atoms with Crippen LogP contribution in [0.2, 0.25) is 0 Å². The maximum absolute atomic E-state index is 12.5. The lowest BCUT2D eigenvalue weighted by atomic mass is 10.1. The van der Waals surface area contributed by atoms with Crippen LogP contribution >= 0.6 is 0 Å². The Kier molecular flexibility index (Phi) is 4.29. The zero-order valence-corrected chi connectivity index (χ0v) is 13.5. The third kappa shape index (κ3) is 3.12. The van der Waals surface area contributed by atoms with Gasteiger partial charge in [-0.05, 0) is 23.7 Å². The van der Waals surface area contributed by atoms with E-state index in [0.717, 1.165) is 5.56 Å². The normalized spacial score (nSPS) is 10.6. The molecule has 0 aliphatic carbocycles. The van der Waals surface area contributed by atoms with Crippen LogP contribution in [0.5, 0.6) is 5.95 Å². The number of aromatic nitrogens is 2. The van der Waals surface area contributed by atoms with Gasteiger partial charge in [-0.1, -0.05) is 35.9 Å². The van der Waals surface area contributed by atoms with Gasteiger partial charge in [0.2, 0.25) is 5.69 Å². The molecule has 0 spiro atoms. The van der Waals surface area contributed by atoms with Crippen LogP contribution in [0.15, 0.2) is 59.1 Å². The smallest absolute Gasteiger partial charge is 0.259 e. The van der Waals surface area contributed by atoms with Gasteiger partial charge in [0.05, 0.1) is 5.27 Å². The van der Waals surface area contributed by atoms with Crippen molar-refractivity contribution in [1.29, 1.82) is 0 Å². The SMILES string of the molecule is Cc1ccc(C(=O)N(C)Cc2c([O-])on[n+]2-c2ccccc2)cc1. The first-order valence-corrected chi connectivity index (χ1v) is 7.51. The molecule has 0 unspecified atom stereocenters. The molecule has 1 heterocycles. The lowest BCUT2D eigenvalue weighted by molar-refractivity contribution is -0.678. The molecular weight excluding hydrogens is 306 g/mol. The second-order valence-corrected chi connectivity index (χ2v) is 5.58. The summed E-state index contributed by atoms with van der Waals surface area (Å²) in [6, 6.07) is 16.5. The van der Waals surface area contributed by atoms with Crippen LogP contribution in [0.25, 0.3) is 5.69 Å². The van der Waals surface area contributed by atoms with E-state index in [1.54, 1.807) is 19.2 Å². The minimum absolute atomic E-state index is 0.101. The highest BCUT2D eigenvalue weighted by Gasteiger charge is 2.24. The number of benzene rings is 2. The number of para-hydroxylation sites is 1. The van der Waals surface area contributed by atoms with E-state index in [1.807, 2.05) is 49.4 Å². The molecule has 0 fully saturated rings. The fourth-order valence-electron chi connectivity index (χ4n) is 2.38. The van der Waals surface area contributed by atoms with Gasteiger partial charge in [-0.25, -0.2) is 0 Å². The minimum atomic E-state index is -0.553. The number of aryl methyl sites for hydroxylation is 1. The van der Waals surface area contributed by atoms with Crippen molar-refractivity contribution in [1.82, 2.24) is 10.2 Å². The molecule has 6 nitrogen and oxygen atoms in total. The summed E-state index contributed by atoms with van der Waals surface area (Å²) in [5.74, 6) is -0.724. The number of carbonyl (C=O) groups is 1. The molecule has 2 aromatic carbocycles. The first-order valence-electron chi connectivity index (χ1n) is 7.51. The van der Waals surface area contributed by atoms with E-state index in [-0.39, 0.29) is 12.5 Å². The molecule has 122 valence electrons. The Labute approximate surface area is 139 Å². The second kappa shape index (κ2) is 6.54. The van der Waals surface area contributed by atoms with Gasteiger partial charge in [-0.3, -0.25) is 4.79 Å². The van der Waals surface area contributed by atoms with Gasteiger partial charge in [-0.15, -0.1) is 0 Å². The number of rotatable bonds is 4. The summed E-state index contributed by atoms with van der Waals surface area (Å²) in [5, 5.41) is 15.7. The molecule has 1 aromatic heterocycles. The number of hydrogen-bond donors (Lipinski definition) is 0. The lowest BCUT2D eigenvalue weighted by Gasteiger charge is -2.15. The molecule has 0 bridgehead atoms. The van der Waals surface area contributed by atoms with E-state index in [0.29, 0.717) is 16.9 Å². The van der Waals surface area contributed by atoms with Gasteiger partial charge in [-0.2, -0.15) is 0 Å². The molecule has 6 heteroatoms. The molecule has 0 N–H and O–H groups in total. The van der Waals surface area contributed by atoms with Gasteiger partial charge >= 0.3 is 0 Å².